The molecule has 1 aliphatic rings. The summed E-state index contributed by atoms with van der Waals surface area (Å²) in [4.78, 5) is 28.6. The highest BCUT2D eigenvalue weighted by molar-refractivity contribution is 5.81. The minimum absolute atomic E-state index is 0.0324. The Morgan fingerprint density at radius 3 is 2.95 bits per heavy atom. The van der Waals surface area contributed by atoms with Crippen LogP contribution in [0.15, 0.2) is 24.9 Å². The number of likely N-dealkylation sites (N-methyl/N-ethyl adjacent to an activating group) is 1. The molecule has 3 rings (SSSR count). The van der Waals surface area contributed by atoms with Gasteiger partial charge in [0, 0.05) is 32.9 Å². The van der Waals surface area contributed by atoms with Crippen LogP contribution in [0.5, 0.6) is 5.88 Å². The van der Waals surface area contributed by atoms with Gasteiger partial charge >= 0.3 is 0 Å². The number of amides is 1. The lowest BCUT2D eigenvalue weighted by Gasteiger charge is -2.35. The Hall–Kier alpha value is -2.64. The molecule has 0 saturated heterocycles. The molecule has 0 N–H and O–H groups in total. The molecule has 22 heavy (non-hydrogen) atoms. The monoisotopic (exact) mass is 302 g/mol. The summed E-state index contributed by atoms with van der Waals surface area (Å²) in [5.74, 6) is 1.26. The van der Waals surface area contributed by atoms with Crippen LogP contribution in [0.25, 0.3) is 0 Å². The van der Waals surface area contributed by atoms with E-state index >= 15 is 0 Å². The van der Waals surface area contributed by atoms with Crippen LogP contribution in [-0.2, 0) is 11.3 Å². The Balaban J connectivity index is 1.94. The summed E-state index contributed by atoms with van der Waals surface area (Å²) in [6, 6.07) is 1.45. The van der Waals surface area contributed by atoms with Gasteiger partial charge in [-0.15, -0.1) is 0 Å². The van der Waals surface area contributed by atoms with E-state index in [0.717, 1.165) is 11.5 Å². The predicted octanol–water partition coefficient (Wildman–Crippen LogP) is 0.331. The lowest BCUT2D eigenvalue weighted by Crippen LogP contribution is -2.44. The highest BCUT2D eigenvalue weighted by Crippen LogP contribution is 2.26. The number of carbonyl (C=O) groups excluding carboxylic acids is 1. The van der Waals surface area contributed by atoms with E-state index in [4.69, 9.17) is 4.74 Å². The molecule has 0 spiro atoms. The molecule has 2 aromatic rings. The second-order valence-corrected chi connectivity index (χ2v) is 5.34. The molecular formula is C14H18N6O2. The van der Waals surface area contributed by atoms with Crippen molar-refractivity contribution in [3.8, 4) is 5.88 Å². The number of imidazole rings is 1. The van der Waals surface area contributed by atoms with Gasteiger partial charge in [-0.1, -0.05) is 0 Å². The van der Waals surface area contributed by atoms with Crippen LogP contribution >= 0.6 is 0 Å². The molecule has 1 atom stereocenters. The SMILES string of the molecule is COc1cc(N2Cc3cncn3[C@H](C(=O)N(C)C)C2)ncn1. The number of fused-ring (bicyclic) bond motifs is 1. The molecule has 0 saturated carbocycles. The number of hydrogen-bond acceptors (Lipinski definition) is 6. The molecule has 0 unspecified atom stereocenters. The van der Waals surface area contributed by atoms with Crippen molar-refractivity contribution >= 4 is 11.7 Å². The quantitative estimate of drug-likeness (QED) is 0.813. The Bertz CT molecular complexity index is 683. The number of aromatic nitrogens is 4. The van der Waals surface area contributed by atoms with Crippen molar-refractivity contribution in [3.63, 3.8) is 0 Å². The molecule has 116 valence electrons. The maximum Gasteiger partial charge on any atom is 0.247 e. The van der Waals surface area contributed by atoms with Crippen LogP contribution in [0.4, 0.5) is 5.82 Å². The Morgan fingerprint density at radius 1 is 1.41 bits per heavy atom. The van der Waals surface area contributed by atoms with Crippen molar-refractivity contribution in [2.24, 2.45) is 0 Å². The molecule has 3 heterocycles. The number of nitrogens with zero attached hydrogens (tertiary/aromatic N) is 6. The van der Waals surface area contributed by atoms with Crippen molar-refractivity contribution in [3.05, 3.63) is 30.6 Å². The number of ether oxygens (including phenoxy) is 1. The van der Waals surface area contributed by atoms with Gasteiger partial charge in [0.2, 0.25) is 11.8 Å². The molecular weight excluding hydrogens is 284 g/mol. The first-order chi connectivity index (χ1) is 10.6. The first-order valence-corrected chi connectivity index (χ1v) is 6.93. The van der Waals surface area contributed by atoms with E-state index in [0.29, 0.717) is 19.0 Å². The Labute approximate surface area is 128 Å². The van der Waals surface area contributed by atoms with Crippen LogP contribution < -0.4 is 9.64 Å². The maximum absolute atomic E-state index is 12.5. The summed E-state index contributed by atoms with van der Waals surface area (Å²) < 4.78 is 7.07. The molecule has 8 heteroatoms. The number of hydrogen-bond donors (Lipinski definition) is 0. The normalized spacial score (nSPS) is 17.0. The third-order valence-electron chi connectivity index (χ3n) is 3.71. The van der Waals surface area contributed by atoms with Crippen LogP contribution in [0.1, 0.15) is 11.7 Å². The average Bonchev–Trinajstić information content (AvgIpc) is 3.01. The van der Waals surface area contributed by atoms with E-state index in [9.17, 15) is 4.79 Å². The molecule has 1 amide bonds. The van der Waals surface area contributed by atoms with E-state index in [1.165, 1.54) is 6.33 Å². The molecule has 0 bridgehead atoms. The topological polar surface area (TPSA) is 76.4 Å². The van der Waals surface area contributed by atoms with Crippen molar-refractivity contribution in [2.45, 2.75) is 12.6 Å². The minimum Gasteiger partial charge on any atom is -0.481 e. The summed E-state index contributed by atoms with van der Waals surface area (Å²) in [5.41, 5.74) is 0.976. The zero-order valence-electron chi connectivity index (χ0n) is 12.8. The van der Waals surface area contributed by atoms with E-state index in [2.05, 4.69) is 15.0 Å². The summed E-state index contributed by atoms with van der Waals surface area (Å²) >= 11 is 0. The maximum atomic E-state index is 12.5. The minimum atomic E-state index is -0.317. The fourth-order valence-corrected chi connectivity index (χ4v) is 2.58. The van der Waals surface area contributed by atoms with Gasteiger partial charge in [-0.05, 0) is 0 Å². The van der Waals surface area contributed by atoms with Gasteiger partial charge in [0.05, 0.1) is 25.7 Å². The highest BCUT2D eigenvalue weighted by Gasteiger charge is 2.31. The van der Waals surface area contributed by atoms with E-state index in [1.54, 1.807) is 44.7 Å². The number of anilines is 1. The summed E-state index contributed by atoms with van der Waals surface area (Å²) in [5, 5.41) is 0. The fourth-order valence-electron chi connectivity index (χ4n) is 2.58. The van der Waals surface area contributed by atoms with Crippen LogP contribution in [0.2, 0.25) is 0 Å². The van der Waals surface area contributed by atoms with E-state index in [1.807, 2.05) is 9.47 Å². The van der Waals surface area contributed by atoms with Gasteiger partial charge < -0.3 is 19.1 Å². The second kappa shape index (κ2) is 5.63. The van der Waals surface area contributed by atoms with Gasteiger partial charge in [-0.25, -0.2) is 15.0 Å². The summed E-state index contributed by atoms with van der Waals surface area (Å²) in [7, 11) is 5.08. The molecule has 0 aliphatic carbocycles. The Kier molecular flexibility index (Phi) is 3.66. The summed E-state index contributed by atoms with van der Waals surface area (Å²) in [6.07, 6.45) is 4.95. The molecule has 0 radical (unpaired) electrons. The number of methoxy groups -OCH3 is 1. The molecule has 0 aromatic carbocycles. The van der Waals surface area contributed by atoms with E-state index < -0.39 is 0 Å². The zero-order chi connectivity index (χ0) is 15.7. The highest BCUT2D eigenvalue weighted by atomic mass is 16.5. The average molecular weight is 302 g/mol. The third-order valence-corrected chi connectivity index (χ3v) is 3.71. The number of rotatable bonds is 3. The first kappa shape index (κ1) is 14.3. The lowest BCUT2D eigenvalue weighted by molar-refractivity contribution is -0.132. The fraction of sp³-hybridized carbons (Fsp3) is 0.429. The van der Waals surface area contributed by atoms with Crippen molar-refractivity contribution < 1.29 is 9.53 Å². The molecule has 0 fully saturated rings. The Morgan fingerprint density at radius 2 is 2.23 bits per heavy atom. The van der Waals surface area contributed by atoms with Crippen molar-refractivity contribution in [1.82, 2.24) is 24.4 Å². The van der Waals surface area contributed by atoms with Crippen LogP contribution in [0.3, 0.4) is 0 Å². The van der Waals surface area contributed by atoms with Gasteiger partial charge in [0.25, 0.3) is 0 Å². The second-order valence-electron chi connectivity index (χ2n) is 5.34. The standard InChI is InChI=1S/C14H18N6O2/c1-18(2)14(21)11-7-19(6-10-5-15-9-20(10)11)12-4-13(22-3)17-8-16-12/h4-5,8-9,11H,6-7H2,1-3H3/t11-/m0/s1. The van der Waals surface area contributed by atoms with Crippen LogP contribution in [0, 0.1) is 0 Å². The van der Waals surface area contributed by atoms with Gasteiger partial charge in [0.1, 0.15) is 18.2 Å². The lowest BCUT2D eigenvalue weighted by atomic mass is 10.1. The summed E-state index contributed by atoms with van der Waals surface area (Å²) in [6.45, 7) is 1.16. The zero-order valence-corrected chi connectivity index (χ0v) is 12.8. The number of carbonyl (C=O) groups is 1. The van der Waals surface area contributed by atoms with Crippen LogP contribution in [-0.4, -0.2) is 58.1 Å². The third kappa shape index (κ3) is 2.47. The first-order valence-electron chi connectivity index (χ1n) is 6.93. The predicted molar refractivity (Wildman–Crippen MR) is 79.6 cm³/mol. The molecule has 2 aromatic heterocycles. The van der Waals surface area contributed by atoms with Gasteiger partial charge in [-0.2, -0.15) is 0 Å². The van der Waals surface area contributed by atoms with Crippen molar-refractivity contribution in [1.29, 1.82) is 0 Å². The largest absolute Gasteiger partial charge is 0.481 e. The van der Waals surface area contributed by atoms with Crippen molar-refractivity contribution in [2.75, 3.05) is 32.6 Å². The molecule has 1 aliphatic heterocycles. The van der Waals surface area contributed by atoms with Gasteiger partial charge in [0.15, 0.2) is 0 Å². The van der Waals surface area contributed by atoms with E-state index in [-0.39, 0.29) is 11.9 Å². The molecule has 8 nitrogen and oxygen atoms in total. The van der Waals surface area contributed by atoms with Gasteiger partial charge in [-0.3, -0.25) is 4.79 Å². The smallest absolute Gasteiger partial charge is 0.247 e.